The van der Waals surface area contributed by atoms with E-state index in [2.05, 4.69) is 5.32 Å². The van der Waals surface area contributed by atoms with Crippen molar-refractivity contribution in [3.63, 3.8) is 0 Å². The van der Waals surface area contributed by atoms with Gasteiger partial charge in [0.2, 0.25) is 0 Å². The molecular weight excluding hydrogens is 232 g/mol. The van der Waals surface area contributed by atoms with Crippen molar-refractivity contribution in [3.8, 4) is 5.75 Å². The Kier molecular flexibility index (Phi) is 4.17. The lowest BCUT2D eigenvalue weighted by Gasteiger charge is -2.24. The van der Waals surface area contributed by atoms with Crippen molar-refractivity contribution < 1.29 is 14.3 Å². The summed E-state index contributed by atoms with van der Waals surface area (Å²) in [5.74, 6) is 0.0457. The maximum absolute atomic E-state index is 11.3. The molecule has 1 fully saturated rings. The number of hydrogen-bond acceptors (Lipinski definition) is 4. The number of nitrogens with two attached hydrogens (primary N) is 1. The Hall–Kier alpha value is -1.59. The summed E-state index contributed by atoms with van der Waals surface area (Å²) in [5, 5.41) is 3.22. The quantitative estimate of drug-likeness (QED) is 0.814. The molecule has 98 valence electrons. The van der Waals surface area contributed by atoms with Gasteiger partial charge in [-0.3, -0.25) is 4.79 Å². The number of morpholine rings is 1. The molecule has 1 atom stereocenters. The van der Waals surface area contributed by atoms with E-state index < -0.39 is 5.91 Å². The van der Waals surface area contributed by atoms with Crippen LogP contribution in [0.3, 0.4) is 0 Å². The third-order valence-corrected chi connectivity index (χ3v) is 2.83. The summed E-state index contributed by atoms with van der Waals surface area (Å²) in [6.45, 7) is 4.67. The topological polar surface area (TPSA) is 73.6 Å². The average molecular weight is 250 g/mol. The Bertz CT molecular complexity index is 428. The van der Waals surface area contributed by atoms with Gasteiger partial charge in [0.1, 0.15) is 18.5 Å². The van der Waals surface area contributed by atoms with Crippen LogP contribution in [0.1, 0.15) is 15.9 Å². The largest absolute Gasteiger partial charge is 0.490 e. The molecule has 0 spiro atoms. The molecule has 0 radical (unpaired) electrons. The van der Waals surface area contributed by atoms with E-state index in [0.717, 1.165) is 18.7 Å². The van der Waals surface area contributed by atoms with Gasteiger partial charge >= 0.3 is 0 Å². The zero-order valence-electron chi connectivity index (χ0n) is 10.4. The lowest BCUT2D eigenvalue weighted by atomic mass is 10.1. The van der Waals surface area contributed by atoms with E-state index in [-0.39, 0.29) is 6.10 Å². The van der Waals surface area contributed by atoms with Gasteiger partial charge in [0.15, 0.2) is 0 Å². The number of hydrogen-bond donors (Lipinski definition) is 2. The molecule has 1 aromatic carbocycles. The first kappa shape index (κ1) is 12.9. The summed E-state index contributed by atoms with van der Waals surface area (Å²) in [6.07, 6.45) is 0.0139. The second-order valence-electron chi connectivity index (χ2n) is 4.37. The first-order valence-electron chi connectivity index (χ1n) is 6.02. The van der Waals surface area contributed by atoms with Gasteiger partial charge in [-0.1, -0.05) is 6.07 Å². The summed E-state index contributed by atoms with van der Waals surface area (Å²) >= 11 is 0. The summed E-state index contributed by atoms with van der Waals surface area (Å²) in [6, 6.07) is 5.34. The fourth-order valence-electron chi connectivity index (χ4n) is 1.86. The molecule has 0 saturated carbocycles. The van der Waals surface area contributed by atoms with E-state index in [0.29, 0.717) is 24.5 Å². The molecule has 5 heteroatoms. The van der Waals surface area contributed by atoms with Crippen LogP contribution in [0.25, 0.3) is 0 Å². The Labute approximate surface area is 106 Å². The highest BCUT2D eigenvalue weighted by Gasteiger charge is 2.16. The second-order valence-corrected chi connectivity index (χ2v) is 4.37. The van der Waals surface area contributed by atoms with E-state index in [4.69, 9.17) is 15.2 Å². The number of benzene rings is 1. The first-order valence-corrected chi connectivity index (χ1v) is 6.02. The SMILES string of the molecule is Cc1ccc(C(N)=O)c(OCC2CNCCO2)c1. The molecule has 1 heterocycles. The van der Waals surface area contributed by atoms with Crippen LogP contribution in [0.15, 0.2) is 18.2 Å². The van der Waals surface area contributed by atoms with Crippen molar-refractivity contribution >= 4 is 5.91 Å². The van der Waals surface area contributed by atoms with E-state index >= 15 is 0 Å². The molecule has 0 aliphatic carbocycles. The summed E-state index contributed by atoms with van der Waals surface area (Å²) in [4.78, 5) is 11.3. The molecule has 0 bridgehead atoms. The van der Waals surface area contributed by atoms with Gasteiger partial charge in [0, 0.05) is 13.1 Å². The Morgan fingerprint density at radius 3 is 3.11 bits per heavy atom. The van der Waals surface area contributed by atoms with Crippen LogP contribution in [-0.2, 0) is 4.74 Å². The average Bonchev–Trinajstić information content (AvgIpc) is 2.37. The van der Waals surface area contributed by atoms with Crippen LogP contribution in [-0.4, -0.2) is 38.3 Å². The number of amides is 1. The highest BCUT2D eigenvalue weighted by atomic mass is 16.5. The van der Waals surface area contributed by atoms with Crippen LogP contribution < -0.4 is 15.8 Å². The predicted octanol–water partition coefficient (Wildman–Crippen LogP) is 0.461. The predicted molar refractivity (Wildman–Crippen MR) is 67.8 cm³/mol. The van der Waals surface area contributed by atoms with E-state index in [1.165, 1.54) is 0 Å². The second kappa shape index (κ2) is 5.84. The van der Waals surface area contributed by atoms with E-state index in [9.17, 15) is 4.79 Å². The minimum absolute atomic E-state index is 0.0139. The zero-order valence-corrected chi connectivity index (χ0v) is 10.4. The molecule has 1 aromatic rings. The van der Waals surface area contributed by atoms with Crippen LogP contribution in [0.4, 0.5) is 0 Å². The Morgan fingerprint density at radius 1 is 1.61 bits per heavy atom. The number of ether oxygens (including phenoxy) is 2. The van der Waals surface area contributed by atoms with Crippen molar-refractivity contribution in [2.24, 2.45) is 5.73 Å². The Balaban J connectivity index is 2.03. The molecule has 5 nitrogen and oxygen atoms in total. The summed E-state index contributed by atoms with van der Waals surface area (Å²) in [5.41, 5.74) is 6.74. The Morgan fingerprint density at radius 2 is 2.44 bits per heavy atom. The minimum atomic E-state index is -0.479. The first-order chi connectivity index (χ1) is 8.66. The molecule has 18 heavy (non-hydrogen) atoms. The molecule has 2 rings (SSSR count). The maximum atomic E-state index is 11.3. The fraction of sp³-hybridized carbons (Fsp3) is 0.462. The van der Waals surface area contributed by atoms with Crippen LogP contribution in [0.2, 0.25) is 0 Å². The standard InChI is InChI=1S/C13H18N2O3/c1-9-2-3-11(13(14)16)12(6-9)18-8-10-7-15-4-5-17-10/h2-3,6,10,15H,4-5,7-8H2,1H3,(H2,14,16). The molecule has 1 amide bonds. The van der Waals surface area contributed by atoms with Crippen LogP contribution in [0, 0.1) is 6.92 Å². The van der Waals surface area contributed by atoms with E-state index in [1.54, 1.807) is 6.07 Å². The van der Waals surface area contributed by atoms with Gasteiger partial charge in [-0.25, -0.2) is 0 Å². The molecule has 1 unspecified atom stereocenters. The lowest BCUT2D eigenvalue weighted by Crippen LogP contribution is -2.41. The molecule has 1 aliphatic rings. The van der Waals surface area contributed by atoms with Crippen molar-refractivity contribution in [1.29, 1.82) is 0 Å². The van der Waals surface area contributed by atoms with Gasteiger partial charge in [0.25, 0.3) is 5.91 Å². The third kappa shape index (κ3) is 3.21. The smallest absolute Gasteiger partial charge is 0.252 e. The molecule has 1 saturated heterocycles. The highest BCUT2D eigenvalue weighted by Crippen LogP contribution is 2.20. The zero-order chi connectivity index (χ0) is 13.0. The van der Waals surface area contributed by atoms with Gasteiger partial charge in [-0.15, -0.1) is 0 Å². The number of carbonyl (C=O) groups is 1. The van der Waals surface area contributed by atoms with Crippen LogP contribution >= 0.6 is 0 Å². The highest BCUT2D eigenvalue weighted by molar-refractivity contribution is 5.95. The van der Waals surface area contributed by atoms with Crippen molar-refractivity contribution in [3.05, 3.63) is 29.3 Å². The van der Waals surface area contributed by atoms with Crippen molar-refractivity contribution in [2.45, 2.75) is 13.0 Å². The fourth-order valence-corrected chi connectivity index (χ4v) is 1.86. The molecule has 1 aliphatic heterocycles. The number of aryl methyl sites for hydroxylation is 1. The van der Waals surface area contributed by atoms with Gasteiger partial charge in [0.05, 0.1) is 12.2 Å². The minimum Gasteiger partial charge on any atom is -0.490 e. The van der Waals surface area contributed by atoms with Crippen molar-refractivity contribution in [2.75, 3.05) is 26.3 Å². The molecule has 3 N–H and O–H groups in total. The van der Waals surface area contributed by atoms with Crippen molar-refractivity contribution in [1.82, 2.24) is 5.32 Å². The maximum Gasteiger partial charge on any atom is 0.252 e. The third-order valence-electron chi connectivity index (χ3n) is 2.83. The molecular formula is C13H18N2O3. The summed E-state index contributed by atoms with van der Waals surface area (Å²) < 4.78 is 11.2. The number of carbonyl (C=O) groups excluding carboxylic acids is 1. The van der Waals surface area contributed by atoms with Gasteiger partial charge < -0.3 is 20.5 Å². The number of nitrogens with one attached hydrogen (secondary N) is 1. The van der Waals surface area contributed by atoms with Crippen LogP contribution in [0.5, 0.6) is 5.75 Å². The van der Waals surface area contributed by atoms with Gasteiger partial charge in [-0.05, 0) is 24.6 Å². The normalized spacial score (nSPS) is 19.5. The monoisotopic (exact) mass is 250 g/mol. The number of rotatable bonds is 4. The van der Waals surface area contributed by atoms with E-state index in [1.807, 2.05) is 19.1 Å². The lowest BCUT2D eigenvalue weighted by molar-refractivity contribution is 0.0000273. The molecule has 0 aromatic heterocycles. The number of primary amides is 1. The summed E-state index contributed by atoms with van der Waals surface area (Å²) in [7, 11) is 0. The van der Waals surface area contributed by atoms with Gasteiger partial charge in [-0.2, -0.15) is 0 Å².